The highest BCUT2D eigenvalue weighted by molar-refractivity contribution is 6.31. The number of amides is 1. The van der Waals surface area contributed by atoms with Crippen LogP contribution in [0.25, 0.3) is 22.0 Å². The second-order valence-corrected chi connectivity index (χ2v) is 8.37. The number of carbonyl (C=O) groups is 1. The third kappa shape index (κ3) is 4.92. The number of nitrogens with one attached hydrogen (secondary N) is 2. The molecule has 1 aromatic heterocycles. The standard InChI is InChI=1S/C28H21ClN4O3/c29-23-11-5-2-8-19(23)17-36-27-12-6-4-10-21(27)24-15-25(32-31-24)28(35)33-30-16-22-20-9-3-1-7-18(20)13-14-26(22)34/h1-16,34H,17H2,(H,31,32)(H,33,35)/b30-16-. The van der Waals surface area contributed by atoms with E-state index in [2.05, 4.69) is 20.7 Å². The molecule has 0 bridgehead atoms. The van der Waals surface area contributed by atoms with E-state index >= 15 is 0 Å². The average molecular weight is 497 g/mol. The number of ether oxygens (including phenoxy) is 1. The molecule has 0 aliphatic heterocycles. The van der Waals surface area contributed by atoms with E-state index in [-0.39, 0.29) is 11.4 Å². The Balaban J connectivity index is 1.30. The number of halogens is 1. The molecule has 36 heavy (non-hydrogen) atoms. The highest BCUT2D eigenvalue weighted by Gasteiger charge is 2.14. The summed E-state index contributed by atoms with van der Waals surface area (Å²) in [6, 6.07) is 27.6. The van der Waals surface area contributed by atoms with Crippen LogP contribution >= 0.6 is 11.6 Å². The summed E-state index contributed by atoms with van der Waals surface area (Å²) in [6.07, 6.45) is 1.42. The summed E-state index contributed by atoms with van der Waals surface area (Å²) in [5, 5.41) is 23.7. The van der Waals surface area contributed by atoms with Gasteiger partial charge in [-0.05, 0) is 41.1 Å². The lowest BCUT2D eigenvalue weighted by Crippen LogP contribution is -2.18. The van der Waals surface area contributed by atoms with Crippen LogP contribution in [0, 0.1) is 0 Å². The SMILES string of the molecule is O=C(N/N=C\c1c(O)ccc2ccccc12)c1cc(-c2ccccc2OCc2ccccc2Cl)n[nH]1. The number of aromatic nitrogens is 2. The van der Waals surface area contributed by atoms with Crippen molar-refractivity contribution in [2.75, 3.05) is 0 Å². The van der Waals surface area contributed by atoms with E-state index in [1.165, 1.54) is 6.21 Å². The Kier molecular flexibility index (Phi) is 6.64. The van der Waals surface area contributed by atoms with E-state index in [4.69, 9.17) is 16.3 Å². The number of benzene rings is 4. The molecule has 0 saturated heterocycles. The average Bonchev–Trinajstić information content (AvgIpc) is 3.40. The molecule has 5 aromatic rings. The lowest BCUT2D eigenvalue weighted by atomic mass is 10.0. The van der Waals surface area contributed by atoms with Crippen molar-refractivity contribution < 1.29 is 14.6 Å². The van der Waals surface area contributed by atoms with Gasteiger partial charge in [0.2, 0.25) is 0 Å². The number of carbonyl (C=O) groups excluding carboxylic acids is 1. The molecule has 0 radical (unpaired) electrons. The van der Waals surface area contributed by atoms with Crippen molar-refractivity contribution >= 4 is 34.5 Å². The molecule has 0 spiro atoms. The smallest absolute Gasteiger partial charge is 0.289 e. The Morgan fingerprint density at radius 1 is 1.03 bits per heavy atom. The third-order valence-electron chi connectivity index (χ3n) is 5.63. The van der Waals surface area contributed by atoms with Gasteiger partial charge in [-0.3, -0.25) is 9.89 Å². The van der Waals surface area contributed by atoms with Gasteiger partial charge in [0.05, 0.1) is 11.9 Å². The number of fused-ring (bicyclic) bond motifs is 1. The van der Waals surface area contributed by atoms with Gasteiger partial charge in [-0.15, -0.1) is 0 Å². The minimum Gasteiger partial charge on any atom is -0.507 e. The van der Waals surface area contributed by atoms with Crippen LogP contribution in [0.15, 0.2) is 96.1 Å². The molecule has 7 nitrogen and oxygen atoms in total. The van der Waals surface area contributed by atoms with Crippen LogP contribution in [-0.4, -0.2) is 27.4 Å². The molecular weight excluding hydrogens is 476 g/mol. The normalized spacial score (nSPS) is 11.1. The van der Waals surface area contributed by atoms with Gasteiger partial charge in [-0.2, -0.15) is 10.2 Å². The summed E-state index contributed by atoms with van der Waals surface area (Å²) in [6.45, 7) is 0.296. The topological polar surface area (TPSA) is 99.6 Å². The van der Waals surface area contributed by atoms with Crippen LogP contribution < -0.4 is 10.2 Å². The summed E-state index contributed by atoms with van der Waals surface area (Å²) < 4.78 is 6.00. The first-order valence-electron chi connectivity index (χ1n) is 11.2. The second-order valence-electron chi connectivity index (χ2n) is 7.96. The number of hydrogen-bond donors (Lipinski definition) is 3. The first-order valence-corrected chi connectivity index (χ1v) is 11.5. The number of aromatic hydroxyl groups is 1. The van der Waals surface area contributed by atoms with Gasteiger partial charge in [-0.1, -0.05) is 72.3 Å². The maximum absolute atomic E-state index is 12.7. The monoisotopic (exact) mass is 496 g/mol. The molecule has 8 heteroatoms. The van der Waals surface area contributed by atoms with Crippen molar-refractivity contribution in [3.8, 4) is 22.8 Å². The van der Waals surface area contributed by atoms with Crippen LogP contribution in [0.1, 0.15) is 21.6 Å². The van der Waals surface area contributed by atoms with Gasteiger partial charge in [0, 0.05) is 21.7 Å². The van der Waals surface area contributed by atoms with Gasteiger partial charge < -0.3 is 9.84 Å². The Labute approximate surface area is 212 Å². The van der Waals surface area contributed by atoms with E-state index in [0.717, 1.165) is 21.9 Å². The van der Waals surface area contributed by atoms with Gasteiger partial charge in [0.1, 0.15) is 23.8 Å². The maximum atomic E-state index is 12.7. The van der Waals surface area contributed by atoms with Crippen molar-refractivity contribution in [2.24, 2.45) is 5.10 Å². The van der Waals surface area contributed by atoms with Crippen LogP contribution in [0.3, 0.4) is 0 Å². The second kappa shape index (κ2) is 10.3. The summed E-state index contributed by atoms with van der Waals surface area (Å²) in [5.74, 6) is 0.212. The van der Waals surface area contributed by atoms with E-state index in [9.17, 15) is 9.90 Å². The molecule has 0 saturated carbocycles. The number of H-pyrrole nitrogens is 1. The zero-order valence-electron chi connectivity index (χ0n) is 19.0. The first-order chi connectivity index (χ1) is 17.6. The van der Waals surface area contributed by atoms with Crippen molar-refractivity contribution in [2.45, 2.75) is 6.61 Å². The third-order valence-corrected chi connectivity index (χ3v) is 6.00. The first kappa shape index (κ1) is 23.1. The Morgan fingerprint density at radius 2 is 1.81 bits per heavy atom. The molecule has 178 valence electrons. The van der Waals surface area contributed by atoms with E-state index in [1.54, 1.807) is 12.1 Å². The minimum atomic E-state index is -0.473. The fourth-order valence-corrected chi connectivity index (χ4v) is 3.98. The predicted octanol–water partition coefficient (Wildman–Crippen LogP) is 5.93. The minimum absolute atomic E-state index is 0.0731. The van der Waals surface area contributed by atoms with E-state index in [0.29, 0.717) is 28.6 Å². The maximum Gasteiger partial charge on any atom is 0.289 e. The molecular formula is C28H21ClN4O3. The summed E-state index contributed by atoms with van der Waals surface area (Å²) in [7, 11) is 0. The Hall–Kier alpha value is -4.62. The molecule has 5 rings (SSSR count). The molecule has 3 N–H and O–H groups in total. The summed E-state index contributed by atoms with van der Waals surface area (Å²) >= 11 is 6.24. The Bertz CT molecular complexity index is 1580. The lowest BCUT2D eigenvalue weighted by molar-refractivity contribution is 0.0950. The van der Waals surface area contributed by atoms with Crippen LogP contribution in [0.5, 0.6) is 11.5 Å². The van der Waals surface area contributed by atoms with Gasteiger partial charge >= 0.3 is 0 Å². The highest BCUT2D eigenvalue weighted by atomic mass is 35.5. The molecule has 0 aliphatic rings. The zero-order chi connectivity index (χ0) is 24.9. The summed E-state index contributed by atoms with van der Waals surface area (Å²) in [4.78, 5) is 12.7. The molecule has 0 unspecified atom stereocenters. The molecule has 0 aliphatic carbocycles. The van der Waals surface area contributed by atoms with Crippen LogP contribution in [0.2, 0.25) is 5.02 Å². The van der Waals surface area contributed by atoms with Gasteiger partial charge in [-0.25, -0.2) is 5.43 Å². The number of phenolic OH excluding ortho intramolecular Hbond substituents is 1. The van der Waals surface area contributed by atoms with Crippen molar-refractivity contribution in [1.29, 1.82) is 0 Å². The number of rotatable bonds is 7. The quantitative estimate of drug-likeness (QED) is 0.192. The van der Waals surface area contributed by atoms with Crippen LogP contribution in [-0.2, 0) is 6.61 Å². The largest absolute Gasteiger partial charge is 0.507 e. The van der Waals surface area contributed by atoms with Crippen molar-refractivity contribution in [1.82, 2.24) is 15.6 Å². The molecule has 1 amide bonds. The van der Waals surface area contributed by atoms with E-state index < -0.39 is 5.91 Å². The molecule has 0 atom stereocenters. The van der Waals surface area contributed by atoms with Crippen LogP contribution in [0.4, 0.5) is 0 Å². The predicted molar refractivity (Wildman–Crippen MR) is 140 cm³/mol. The number of hydrazone groups is 1. The number of hydrogen-bond acceptors (Lipinski definition) is 5. The number of phenols is 1. The number of nitrogens with zero attached hydrogens (tertiary/aromatic N) is 2. The lowest BCUT2D eigenvalue weighted by Gasteiger charge is -2.11. The number of aromatic amines is 1. The summed E-state index contributed by atoms with van der Waals surface area (Å²) in [5.41, 5.74) is 5.36. The van der Waals surface area contributed by atoms with Crippen molar-refractivity contribution in [3.63, 3.8) is 0 Å². The van der Waals surface area contributed by atoms with Gasteiger partial charge in [0.25, 0.3) is 5.91 Å². The van der Waals surface area contributed by atoms with Gasteiger partial charge in [0.15, 0.2) is 0 Å². The number of para-hydroxylation sites is 1. The Morgan fingerprint density at radius 3 is 2.69 bits per heavy atom. The highest BCUT2D eigenvalue weighted by Crippen LogP contribution is 2.30. The van der Waals surface area contributed by atoms with E-state index in [1.807, 2.05) is 78.9 Å². The molecule has 1 heterocycles. The van der Waals surface area contributed by atoms with Crippen molar-refractivity contribution in [3.05, 3.63) is 113 Å². The molecule has 4 aromatic carbocycles. The zero-order valence-corrected chi connectivity index (χ0v) is 19.7. The fourth-order valence-electron chi connectivity index (χ4n) is 3.79. The fraction of sp³-hybridized carbons (Fsp3) is 0.0357. The molecule has 0 fully saturated rings.